The molecular weight excluding hydrogens is 246 g/mol. The van der Waals surface area contributed by atoms with Crippen molar-refractivity contribution >= 4 is 22.8 Å². The van der Waals surface area contributed by atoms with Gasteiger partial charge in [-0.05, 0) is 13.0 Å². The minimum atomic E-state index is -0.585. The standard InChI is InChI=1S/C13H13N3O3/c1-7-6-10(13(18)19-7)14-12(17)11-8-4-2-3-5-9(8)15-16-11/h2-5,7,10H,6H2,1H3,(H,14,17)(H,15,16). The Morgan fingerprint density at radius 3 is 3.00 bits per heavy atom. The van der Waals surface area contributed by atoms with Crippen LogP contribution in [-0.4, -0.2) is 34.2 Å². The fourth-order valence-corrected chi connectivity index (χ4v) is 2.24. The number of benzene rings is 1. The third kappa shape index (κ3) is 2.05. The molecule has 1 fully saturated rings. The van der Waals surface area contributed by atoms with Crippen LogP contribution in [0.3, 0.4) is 0 Å². The van der Waals surface area contributed by atoms with E-state index in [1.54, 1.807) is 6.92 Å². The molecule has 2 unspecified atom stereocenters. The minimum absolute atomic E-state index is 0.159. The zero-order valence-electron chi connectivity index (χ0n) is 10.3. The Kier molecular flexibility index (Phi) is 2.70. The van der Waals surface area contributed by atoms with Crippen molar-refractivity contribution < 1.29 is 14.3 Å². The molecule has 2 heterocycles. The Bertz CT molecular complexity index is 649. The number of hydrogen-bond acceptors (Lipinski definition) is 4. The lowest BCUT2D eigenvalue weighted by atomic mass is 10.1. The smallest absolute Gasteiger partial charge is 0.329 e. The summed E-state index contributed by atoms with van der Waals surface area (Å²) in [6, 6.07) is 6.76. The number of rotatable bonds is 2. The first-order valence-electron chi connectivity index (χ1n) is 6.09. The Hall–Kier alpha value is -2.37. The highest BCUT2D eigenvalue weighted by Crippen LogP contribution is 2.17. The summed E-state index contributed by atoms with van der Waals surface area (Å²) in [7, 11) is 0. The topological polar surface area (TPSA) is 84.1 Å². The van der Waals surface area contributed by atoms with Gasteiger partial charge < -0.3 is 10.1 Å². The van der Waals surface area contributed by atoms with Crippen LogP contribution < -0.4 is 5.32 Å². The molecule has 6 heteroatoms. The lowest BCUT2D eigenvalue weighted by molar-refractivity contribution is -0.142. The van der Waals surface area contributed by atoms with Gasteiger partial charge in [-0.2, -0.15) is 5.10 Å². The van der Waals surface area contributed by atoms with Crippen LogP contribution >= 0.6 is 0 Å². The van der Waals surface area contributed by atoms with Crippen molar-refractivity contribution in [2.24, 2.45) is 0 Å². The van der Waals surface area contributed by atoms with Gasteiger partial charge in [0.05, 0.1) is 5.52 Å². The van der Waals surface area contributed by atoms with Gasteiger partial charge in [0.2, 0.25) is 0 Å². The zero-order valence-corrected chi connectivity index (χ0v) is 10.3. The molecule has 3 rings (SSSR count). The van der Waals surface area contributed by atoms with Crippen LogP contribution in [0.4, 0.5) is 0 Å². The molecule has 0 aliphatic carbocycles. The van der Waals surface area contributed by atoms with E-state index in [1.165, 1.54) is 0 Å². The predicted octanol–water partition coefficient (Wildman–Crippen LogP) is 0.997. The molecule has 1 saturated heterocycles. The molecule has 1 aromatic carbocycles. The number of ether oxygens (including phenoxy) is 1. The van der Waals surface area contributed by atoms with Gasteiger partial charge in [0.1, 0.15) is 12.1 Å². The summed E-state index contributed by atoms with van der Waals surface area (Å²) < 4.78 is 5.00. The number of para-hydroxylation sites is 1. The number of esters is 1. The SMILES string of the molecule is CC1CC(NC(=O)c2n[nH]c3ccccc23)C(=O)O1. The van der Waals surface area contributed by atoms with Crippen LogP contribution in [0.5, 0.6) is 0 Å². The predicted molar refractivity (Wildman–Crippen MR) is 67.5 cm³/mol. The Morgan fingerprint density at radius 1 is 1.47 bits per heavy atom. The van der Waals surface area contributed by atoms with Gasteiger partial charge in [0.25, 0.3) is 5.91 Å². The molecule has 2 atom stereocenters. The zero-order chi connectivity index (χ0) is 13.4. The monoisotopic (exact) mass is 259 g/mol. The first kappa shape index (κ1) is 11.7. The second-order valence-electron chi connectivity index (χ2n) is 4.63. The first-order chi connectivity index (χ1) is 9.15. The van der Waals surface area contributed by atoms with E-state index in [0.717, 1.165) is 10.9 Å². The van der Waals surface area contributed by atoms with Crippen molar-refractivity contribution in [2.75, 3.05) is 0 Å². The Balaban J connectivity index is 1.83. The second-order valence-corrected chi connectivity index (χ2v) is 4.63. The van der Waals surface area contributed by atoms with Gasteiger partial charge >= 0.3 is 5.97 Å². The molecule has 6 nitrogen and oxygen atoms in total. The summed E-state index contributed by atoms with van der Waals surface area (Å²) in [6.07, 6.45) is 0.334. The van der Waals surface area contributed by atoms with Crippen molar-refractivity contribution in [1.29, 1.82) is 0 Å². The molecule has 98 valence electrons. The van der Waals surface area contributed by atoms with Gasteiger partial charge in [-0.25, -0.2) is 4.79 Å². The van der Waals surface area contributed by atoms with E-state index in [1.807, 2.05) is 24.3 Å². The highest BCUT2D eigenvalue weighted by Gasteiger charge is 2.33. The largest absolute Gasteiger partial charge is 0.461 e. The normalized spacial score (nSPS) is 22.5. The van der Waals surface area contributed by atoms with Crippen LogP contribution in [0.1, 0.15) is 23.8 Å². The number of hydrogen-bond donors (Lipinski definition) is 2. The van der Waals surface area contributed by atoms with Crippen LogP contribution in [0.25, 0.3) is 10.9 Å². The summed E-state index contributed by atoms with van der Waals surface area (Å²) in [5, 5.41) is 10.2. The molecule has 0 bridgehead atoms. The lowest BCUT2D eigenvalue weighted by Gasteiger charge is -2.07. The highest BCUT2D eigenvalue weighted by atomic mass is 16.6. The van der Waals surface area contributed by atoms with E-state index < -0.39 is 6.04 Å². The van der Waals surface area contributed by atoms with Gasteiger partial charge in [-0.3, -0.25) is 9.89 Å². The number of aromatic nitrogens is 2. The number of nitrogens with zero attached hydrogens (tertiary/aromatic N) is 1. The Morgan fingerprint density at radius 2 is 2.26 bits per heavy atom. The fourth-order valence-electron chi connectivity index (χ4n) is 2.24. The van der Waals surface area contributed by atoms with Gasteiger partial charge in [-0.15, -0.1) is 0 Å². The maximum atomic E-state index is 12.1. The van der Waals surface area contributed by atoms with E-state index >= 15 is 0 Å². The first-order valence-corrected chi connectivity index (χ1v) is 6.09. The number of carbonyl (C=O) groups is 2. The average Bonchev–Trinajstić information content (AvgIpc) is 2.93. The third-order valence-corrected chi connectivity index (χ3v) is 3.16. The summed E-state index contributed by atoms with van der Waals surface area (Å²) in [5.41, 5.74) is 1.08. The summed E-state index contributed by atoms with van der Waals surface area (Å²) >= 11 is 0. The van der Waals surface area contributed by atoms with Gasteiger partial charge in [0.15, 0.2) is 5.69 Å². The van der Waals surface area contributed by atoms with Crippen molar-refractivity contribution in [1.82, 2.24) is 15.5 Å². The number of aromatic amines is 1. The van der Waals surface area contributed by atoms with Crippen LogP contribution in [0.2, 0.25) is 0 Å². The second kappa shape index (κ2) is 4.38. The van der Waals surface area contributed by atoms with Crippen molar-refractivity contribution in [3.63, 3.8) is 0 Å². The van der Waals surface area contributed by atoms with Gasteiger partial charge in [-0.1, -0.05) is 18.2 Å². The van der Waals surface area contributed by atoms with E-state index in [4.69, 9.17) is 4.74 Å². The molecule has 0 radical (unpaired) electrons. The fraction of sp³-hybridized carbons (Fsp3) is 0.308. The molecule has 1 aliphatic heterocycles. The number of nitrogens with one attached hydrogen (secondary N) is 2. The summed E-state index contributed by atoms with van der Waals surface area (Å²) in [4.78, 5) is 23.6. The summed E-state index contributed by atoms with van der Waals surface area (Å²) in [5.74, 6) is -0.755. The molecule has 19 heavy (non-hydrogen) atoms. The summed E-state index contributed by atoms with van der Waals surface area (Å²) in [6.45, 7) is 1.80. The average molecular weight is 259 g/mol. The molecule has 1 aliphatic rings. The lowest BCUT2D eigenvalue weighted by Crippen LogP contribution is -2.38. The van der Waals surface area contributed by atoms with Crippen molar-refractivity contribution in [3.05, 3.63) is 30.0 Å². The van der Waals surface area contributed by atoms with Gasteiger partial charge in [0, 0.05) is 11.8 Å². The molecule has 0 saturated carbocycles. The van der Waals surface area contributed by atoms with E-state index in [9.17, 15) is 9.59 Å². The molecular formula is C13H13N3O3. The number of cyclic esters (lactones) is 1. The van der Waals surface area contributed by atoms with E-state index in [-0.39, 0.29) is 18.0 Å². The third-order valence-electron chi connectivity index (χ3n) is 3.16. The maximum absolute atomic E-state index is 12.1. The Labute approximate surface area is 109 Å². The van der Waals surface area contributed by atoms with Crippen molar-refractivity contribution in [2.45, 2.75) is 25.5 Å². The van der Waals surface area contributed by atoms with Crippen LogP contribution in [0, 0.1) is 0 Å². The molecule has 1 amide bonds. The van der Waals surface area contributed by atoms with E-state index in [2.05, 4.69) is 15.5 Å². The molecule has 0 spiro atoms. The number of carbonyl (C=O) groups excluding carboxylic acids is 2. The number of H-pyrrole nitrogens is 1. The van der Waals surface area contributed by atoms with Crippen LogP contribution in [0.15, 0.2) is 24.3 Å². The van der Waals surface area contributed by atoms with Crippen molar-refractivity contribution in [3.8, 4) is 0 Å². The minimum Gasteiger partial charge on any atom is -0.461 e. The van der Waals surface area contributed by atoms with Crippen LogP contribution in [-0.2, 0) is 9.53 Å². The quantitative estimate of drug-likeness (QED) is 0.788. The number of amides is 1. The van der Waals surface area contributed by atoms with E-state index in [0.29, 0.717) is 12.1 Å². The highest BCUT2D eigenvalue weighted by molar-refractivity contribution is 6.05. The molecule has 2 aromatic rings. The maximum Gasteiger partial charge on any atom is 0.329 e. The number of fused-ring (bicyclic) bond motifs is 1. The molecule has 1 aromatic heterocycles. The molecule has 2 N–H and O–H groups in total.